The van der Waals surface area contributed by atoms with Crippen LogP contribution in [0.2, 0.25) is 5.02 Å². The Hall–Kier alpha value is -1.11. The molecule has 0 unspecified atom stereocenters. The number of rotatable bonds is 5. The summed E-state index contributed by atoms with van der Waals surface area (Å²) in [5.74, 6) is 0.209. The van der Waals surface area contributed by atoms with E-state index in [4.69, 9.17) is 16.7 Å². The average molecular weight is 333 g/mol. The fourth-order valence-electron chi connectivity index (χ4n) is 1.80. The Balaban J connectivity index is 3.17. The highest BCUT2D eigenvalue weighted by molar-refractivity contribution is 7.89. The van der Waals surface area contributed by atoms with Crippen molar-refractivity contribution in [2.45, 2.75) is 32.1 Å². The van der Waals surface area contributed by atoms with Gasteiger partial charge in [-0.2, -0.15) is 0 Å². The van der Waals surface area contributed by atoms with Gasteiger partial charge in [0.2, 0.25) is 10.0 Å². The lowest BCUT2D eigenvalue weighted by Gasteiger charge is -2.20. The van der Waals surface area contributed by atoms with Crippen LogP contribution in [0.3, 0.4) is 0 Å². The number of nitrogens with zero attached hydrogens (tertiary/aromatic N) is 1. The largest absolute Gasteiger partial charge is 0.342 e. The minimum absolute atomic E-state index is 0.154. The lowest BCUT2D eigenvalue weighted by Crippen LogP contribution is -2.29. The zero-order valence-electron chi connectivity index (χ0n) is 12.7. The zero-order chi connectivity index (χ0) is 16.4. The molecule has 5 nitrogen and oxygen atoms in total. The molecule has 0 saturated heterocycles. The molecule has 0 aliphatic carbocycles. The fourth-order valence-corrected chi connectivity index (χ4v) is 2.65. The van der Waals surface area contributed by atoms with E-state index >= 15 is 0 Å². The first kappa shape index (κ1) is 17.9. The quantitative estimate of drug-likeness (QED) is 0.899. The van der Waals surface area contributed by atoms with Crippen LogP contribution in [0, 0.1) is 12.8 Å². The molecule has 0 saturated carbocycles. The van der Waals surface area contributed by atoms with E-state index in [1.165, 1.54) is 12.1 Å². The van der Waals surface area contributed by atoms with E-state index in [9.17, 15) is 13.2 Å². The van der Waals surface area contributed by atoms with Crippen molar-refractivity contribution < 1.29 is 13.2 Å². The molecule has 0 spiro atoms. The first-order valence-corrected chi connectivity index (χ1v) is 8.55. The van der Waals surface area contributed by atoms with Gasteiger partial charge in [-0.3, -0.25) is 4.79 Å². The van der Waals surface area contributed by atoms with Crippen molar-refractivity contribution in [3.05, 3.63) is 28.3 Å². The predicted molar refractivity (Wildman–Crippen MR) is 84.0 cm³/mol. The normalized spacial score (nSPS) is 11.8. The van der Waals surface area contributed by atoms with Crippen LogP contribution in [-0.4, -0.2) is 32.8 Å². The summed E-state index contributed by atoms with van der Waals surface area (Å²) < 4.78 is 22.9. The van der Waals surface area contributed by atoms with E-state index in [0.717, 1.165) is 6.42 Å². The Kier molecular flexibility index (Phi) is 5.78. The van der Waals surface area contributed by atoms with Gasteiger partial charge in [0.15, 0.2) is 0 Å². The summed E-state index contributed by atoms with van der Waals surface area (Å²) in [6.07, 6.45) is 0.865. The fraction of sp³-hybridized carbons (Fsp3) is 0.500. The monoisotopic (exact) mass is 332 g/mol. The number of carbonyl (C=O) groups excluding carboxylic acids is 1. The van der Waals surface area contributed by atoms with Crippen LogP contribution < -0.4 is 5.14 Å². The van der Waals surface area contributed by atoms with E-state index in [1.807, 2.05) is 0 Å². The summed E-state index contributed by atoms with van der Waals surface area (Å²) in [7, 11) is -2.22. The Morgan fingerprint density at radius 3 is 2.43 bits per heavy atom. The molecule has 7 heteroatoms. The number of nitrogens with two attached hydrogens (primary N) is 1. The highest BCUT2D eigenvalue weighted by Gasteiger charge is 2.20. The topological polar surface area (TPSA) is 80.5 Å². The molecule has 0 fully saturated rings. The second-order valence-corrected chi connectivity index (χ2v) is 7.50. The SMILES string of the molecule is Cc1c(Cl)cc(S(N)(=O)=O)cc1C(=O)N(C)CCC(C)C. The van der Waals surface area contributed by atoms with Gasteiger partial charge in [0.05, 0.1) is 4.90 Å². The van der Waals surface area contributed by atoms with E-state index in [0.29, 0.717) is 18.0 Å². The first-order valence-electron chi connectivity index (χ1n) is 6.62. The summed E-state index contributed by atoms with van der Waals surface area (Å²) in [5.41, 5.74) is 0.809. The number of carbonyl (C=O) groups is 1. The third kappa shape index (κ3) is 4.69. The first-order chi connectivity index (χ1) is 9.54. The van der Waals surface area contributed by atoms with E-state index in [-0.39, 0.29) is 21.4 Å². The van der Waals surface area contributed by atoms with Crippen molar-refractivity contribution >= 4 is 27.5 Å². The maximum atomic E-state index is 12.4. The molecule has 2 N–H and O–H groups in total. The van der Waals surface area contributed by atoms with Gasteiger partial charge in [0.1, 0.15) is 0 Å². The van der Waals surface area contributed by atoms with Crippen molar-refractivity contribution in [1.29, 1.82) is 0 Å². The number of halogens is 1. The highest BCUT2D eigenvalue weighted by atomic mass is 35.5. The third-order valence-corrected chi connectivity index (χ3v) is 4.55. The highest BCUT2D eigenvalue weighted by Crippen LogP contribution is 2.25. The molecule has 118 valence electrons. The molecule has 0 radical (unpaired) electrons. The van der Waals surface area contributed by atoms with Crippen LogP contribution in [0.15, 0.2) is 17.0 Å². The molecule has 1 amide bonds. The van der Waals surface area contributed by atoms with Crippen LogP contribution in [-0.2, 0) is 10.0 Å². The summed E-state index contributed by atoms with van der Waals surface area (Å²) >= 11 is 6.01. The maximum Gasteiger partial charge on any atom is 0.253 e. The van der Waals surface area contributed by atoms with Gasteiger partial charge < -0.3 is 4.90 Å². The van der Waals surface area contributed by atoms with Crippen LogP contribution in [0.4, 0.5) is 0 Å². The summed E-state index contributed by atoms with van der Waals surface area (Å²) in [4.78, 5) is 13.8. The molecule has 0 heterocycles. The van der Waals surface area contributed by atoms with E-state index in [1.54, 1.807) is 18.9 Å². The average Bonchev–Trinajstić information content (AvgIpc) is 2.36. The number of amides is 1. The predicted octanol–water partition coefficient (Wildman–Crippen LogP) is 2.41. The third-order valence-electron chi connectivity index (χ3n) is 3.27. The van der Waals surface area contributed by atoms with Gasteiger partial charge >= 0.3 is 0 Å². The molecular weight excluding hydrogens is 312 g/mol. The zero-order valence-corrected chi connectivity index (χ0v) is 14.3. The molecule has 0 aliphatic rings. The number of hydrogen-bond donors (Lipinski definition) is 1. The molecule has 0 aromatic heterocycles. The molecule has 0 bridgehead atoms. The molecular formula is C14H21ClN2O3S. The molecule has 0 atom stereocenters. The van der Waals surface area contributed by atoms with Crippen LogP contribution in [0.25, 0.3) is 0 Å². The van der Waals surface area contributed by atoms with Crippen molar-refractivity contribution in [2.24, 2.45) is 11.1 Å². The van der Waals surface area contributed by atoms with Gasteiger partial charge in [-0.15, -0.1) is 0 Å². The minimum Gasteiger partial charge on any atom is -0.342 e. The van der Waals surface area contributed by atoms with Crippen LogP contribution >= 0.6 is 11.6 Å². The van der Waals surface area contributed by atoms with Crippen LogP contribution in [0.5, 0.6) is 0 Å². The number of sulfonamides is 1. The standard InChI is InChI=1S/C14H21ClN2O3S/c1-9(2)5-6-17(4)14(18)12-7-11(21(16,19)20)8-13(15)10(12)3/h7-9H,5-6H2,1-4H3,(H2,16,19,20). The smallest absolute Gasteiger partial charge is 0.253 e. The van der Waals surface area contributed by atoms with Gasteiger partial charge in [-0.05, 0) is 37.0 Å². The van der Waals surface area contributed by atoms with E-state index in [2.05, 4.69) is 13.8 Å². The number of hydrogen-bond acceptors (Lipinski definition) is 3. The molecule has 1 aromatic rings. The summed E-state index contributed by atoms with van der Waals surface area (Å²) in [5, 5.41) is 5.32. The molecule has 0 aliphatic heterocycles. The minimum atomic E-state index is -3.90. The summed E-state index contributed by atoms with van der Waals surface area (Å²) in [6.45, 7) is 6.41. The lowest BCUT2D eigenvalue weighted by atomic mass is 10.1. The second-order valence-electron chi connectivity index (χ2n) is 5.53. The number of benzene rings is 1. The molecule has 21 heavy (non-hydrogen) atoms. The second kappa shape index (κ2) is 6.77. The van der Waals surface area contributed by atoms with Crippen LogP contribution in [0.1, 0.15) is 36.2 Å². The van der Waals surface area contributed by atoms with Crippen molar-refractivity contribution in [3.8, 4) is 0 Å². The number of primary sulfonamides is 1. The Labute approximate surface area is 131 Å². The Bertz CT molecular complexity index is 642. The van der Waals surface area contributed by atoms with Crippen molar-refractivity contribution in [3.63, 3.8) is 0 Å². The van der Waals surface area contributed by atoms with Crippen molar-refractivity contribution in [2.75, 3.05) is 13.6 Å². The summed E-state index contributed by atoms with van der Waals surface area (Å²) in [6, 6.07) is 2.54. The Morgan fingerprint density at radius 2 is 1.95 bits per heavy atom. The maximum absolute atomic E-state index is 12.4. The lowest BCUT2D eigenvalue weighted by molar-refractivity contribution is 0.0788. The van der Waals surface area contributed by atoms with Crippen molar-refractivity contribution in [1.82, 2.24) is 4.90 Å². The van der Waals surface area contributed by atoms with E-state index < -0.39 is 10.0 Å². The van der Waals surface area contributed by atoms with Gasteiger partial charge in [-0.1, -0.05) is 25.4 Å². The molecule has 1 rings (SSSR count). The Morgan fingerprint density at radius 1 is 1.38 bits per heavy atom. The van der Waals surface area contributed by atoms with Gasteiger partial charge in [0, 0.05) is 24.2 Å². The van der Waals surface area contributed by atoms with Gasteiger partial charge in [-0.25, -0.2) is 13.6 Å². The molecule has 1 aromatic carbocycles. The van der Waals surface area contributed by atoms with Gasteiger partial charge in [0.25, 0.3) is 5.91 Å².